The third kappa shape index (κ3) is 4.20. The van der Waals surface area contributed by atoms with Crippen molar-refractivity contribution in [2.45, 2.75) is 41.3 Å². The molecule has 0 radical (unpaired) electrons. The Morgan fingerprint density at radius 1 is 1.24 bits per heavy atom. The normalized spacial score (nSPS) is 11.0. The van der Waals surface area contributed by atoms with Gasteiger partial charge in [-0.15, -0.1) is 11.3 Å². The molecule has 3 aromatic rings. The van der Waals surface area contributed by atoms with Gasteiger partial charge in [0.2, 0.25) is 0 Å². The molecule has 3 heterocycles. The molecule has 0 aliphatic carbocycles. The van der Waals surface area contributed by atoms with E-state index in [9.17, 15) is 9.59 Å². The van der Waals surface area contributed by atoms with Crippen molar-refractivity contribution in [2.75, 3.05) is 11.9 Å². The van der Waals surface area contributed by atoms with E-state index in [1.165, 1.54) is 11.3 Å². The van der Waals surface area contributed by atoms with Crippen LogP contribution in [0, 0.1) is 27.7 Å². The monoisotopic (exact) mass is 435 g/mol. The first-order valence-electron chi connectivity index (χ1n) is 9.04. The minimum atomic E-state index is -0.448. The molecular formula is C19H22ClN5O3S. The highest BCUT2D eigenvalue weighted by molar-refractivity contribution is 7.16. The van der Waals surface area contributed by atoms with Gasteiger partial charge in [0, 0.05) is 11.1 Å². The second-order valence-corrected chi connectivity index (χ2v) is 8.13. The number of hydrogen-bond acceptors (Lipinski definition) is 6. The number of hydrogen-bond donors (Lipinski definition) is 1. The van der Waals surface area contributed by atoms with Crippen LogP contribution in [0.5, 0.6) is 0 Å². The number of nitrogens with one attached hydrogen (secondary N) is 1. The van der Waals surface area contributed by atoms with Crippen molar-refractivity contribution in [3.05, 3.63) is 50.4 Å². The van der Waals surface area contributed by atoms with E-state index in [-0.39, 0.29) is 12.3 Å². The van der Waals surface area contributed by atoms with E-state index in [2.05, 4.69) is 15.5 Å². The maximum absolute atomic E-state index is 12.7. The number of aromatic nitrogens is 4. The summed E-state index contributed by atoms with van der Waals surface area (Å²) >= 11 is 7.51. The number of amides is 1. The molecule has 0 unspecified atom stereocenters. The molecule has 0 aliphatic rings. The van der Waals surface area contributed by atoms with Gasteiger partial charge in [-0.1, -0.05) is 11.6 Å². The van der Waals surface area contributed by atoms with Crippen LogP contribution in [0.3, 0.4) is 0 Å². The predicted octanol–water partition coefficient (Wildman–Crippen LogP) is 3.96. The summed E-state index contributed by atoms with van der Waals surface area (Å²) in [4.78, 5) is 25.9. The van der Waals surface area contributed by atoms with Gasteiger partial charge in [0.15, 0.2) is 5.69 Å². The topological polar surface area (TPSA) is 91.0 Å². The summed E-state index contributed by atoms with van der Waals surface area (Å²) in [6.45, 7) is 9.78. The Bertz CT molecular complexity index is 1080. The Kier molecular flexibility index (Phi) is 6.09. The van der Waals surface area contributed by atoms with E-state index >= 15 is 0 Å². The summed E-state index contributed by atoms with van der Waals surface area (Å²) in [6.07, 6.45) is 1.69. The number of ether oxygens (including phenoxy) is 1. The van der Waals surface area contributed by atoms with Crippen LogP contribution in [0.2, 0.25) is 5.02 Å². The first-order valence-corrected chi connectivity index (χ1v) is 10.2. The fraction of sp³-hybridized carbons (Fsp3) is 0.368. The molecular weight excluding hydrogens is 414 g/mol. The molecule has 3 aromatic heterocycles. The minimum Gasteiger partial charge on any atom is -0.462 e. The van der Waals surface area contributed by atoms with Crippen LogP contribution < -0.4 is 5.32 Å². The molecule has 0 aromatic carbocycles. The number of anilines is 1. The summed E-state index contributed by atoms with van der Waals surface area (Å²) in [7, 11) is 0. The van der Waals surface area contributed by atoms with E-state index in [0.717, 1.165) is 21.8 Å². The highest BCUT2D eigenvalue weighted by Gasteiger charge is 2.23. The average Bonchev–Trinajstić information content (AvgIpc) is 3.31. The van der Waals surface area contributed by atoms with E-state index in [1.54, 1.807) is 28.6 Å². The van der Waals surface area contributed by atoms with Crippen LogP contribution in [0.4, 0.5) is 5.00 Å². The zero-order valence-electron chi connectivity index (χ0n) is 16.9. The van der Waals surface area contributed by atoms with Crippen molar-refractivity contribution < 1.29 is 14.3 Å². The molecule has 0 atom stereocenters. The minimum absolute atomic E-state index is 0.233. The maximum Gasteiger partial charge on any atom is 0.341 e. The summed E-state index contributed by atoms with van der Waals surface area (Å²) < 4.78 is 8.44. The average molecular weight is 436 g/mol. The van der Waals surface area contributed by atoms with Crippen LogP contribution in [0.15, 0.2) is 12.3 Å². The lowest BCUT2D eigenvalue weighted by Gasteiger charge is -2.06. The number of esters is 1. The molecule has 0 saturated carbocycles. The Morgan fingerprint density at radius 2 is 1.97 bits per heavy atom. The first kappa shape index (κ1) is 21.1. The van der Waals surface area contributed by atoms with Gasteiger partial charge in [-0.25, -0.2) is 9.48 Å². The van der Waals surface area contributed by atoms with Gasteiger partial charge >= 0.3 is 5.97 Å². The molecule has 1 amide bonds. The van der Waals surface area contributed by atoms with Gasteiger partial charge in [0.1, 0.15) is 11.7 Å². The summed E-state index contributed by atoms with van der Waals surface area (Å²) in [5, 5.41) is 12.5. The van der Waals surface area contributed by atoms with E-state index < -0.39 is 11.9 Å². The molecule has 0 fully saturated rings. The molecule has 154 valence electrons. The van der Waals surface area contributed by atoms with E-state index in [1.807, 2.05) is 27.7 Å². The van der Waals surface area contributed by atoms with Crippen molar-refractivity contribution in [2.24, 2.45) is 0 Å². The van der Waals surface area contributed by atoms with Crippen LogP contribution >= 0.6 is 22.9 Å². The number of carbonyl (C=O) groups is 2. The smallest absolute Gasteiger partial charge is 0.341 e. The summed E-state index contributed by atoms with van der Waals surface area (Å²) in [5.41, 5.74) is 2.99. The Morgan fingerprint density at radius 3 is 2.59 bits per heavy atom. The van der Waals surface area contributed by atoms with Gasteiger partial charge in [0.05, 0.1) is 28.6 Å². The van der Waals surface area contributed by atoms with Crippen molar-refractivity contribution in [1.82, 2.24) is 19.6 Å². The first-order chi connectivity index (χ1) is 13.7. The molecule has 1 N–H and O–H groups in total. The standard InChI is InChI=1S/C19H22ClN5O3S/c1-6-28-19(27)15-10(2)13(5)29-18(15)21-17(26)14-7-8-24(23-14)9-25-12(4)16(20)11(3)22-25/h7-8H,6,9H2,1-5H3,(H,21,26). The molecule has 0 aliphatic heterocycles. The Labute approximate surface area is 177 Å². The number of thiophene rings is 1. The quantitative estimate of drug-likeness (QED) is 0.591. The molecule has 0 bridgehead atoms. The second-order valence-electron chi connectivity index (χ2n) is 6.53. The Hall–Kier alpha value is -2.65. The fourth-order valence-electron chi connectivity index (χ4n) is 2.84. The number of nitrogens with zero attached hydrogens (tertiary/aromatic N) is 4. The highest BCUT2D eigenvalue weighted by atomic mass is 35.5. The van der Waals surface area contributed by atoms with E-state index in [4.69, 9.17) is 16.3 Å². The molecule has 10 heteroatoms. The molecule has 0 saturated heterocycles. The number of halogens is 1. The fourth-order valence-corrected chi connectivity index (χ4v) is 4.02. The van der Waals surface area contributed by atoms with Crippen molar-refractivity contribution in [1.29, 1.82) is 0 Å². The van der Waals surface area contributed by atoms with Gasteiger partial charge in [0.25, 0.3) is 5.91 Å². The van der Waals surface area contributed by atoms with Crippen LogP contribution in [0.25, 0.3) is 0 Å². The summed E-state index contributed by atoms with van der Waals surface area (Å²) in [6, 6.07) is 1.61. The van der Waals surface area contributed by atoms with Gasteiger partial charge in [-0.3, -0.25) is 9.48 Å². The largest absolute Gasteiger partial charge is 0.462 e. The number of aryl methyl sites for hydroxylation is 2. The SMILES string of the molecule is CCOC(=O)c1c(NC(=O)c2ccn(Cn3nc(C)c(Cl)c3C)n2)sc(C)c1C. The van der Waals surface area contributed by atoms with E-state index in [0.29, 0.717) is 22.3 Å². The molecule has 0 spiro atoms. The van der Waals surface area contributed by atoms with Crippen LogP contribution in [-0.2, 0) is 11.4 Å². The Balaban J connectivity index is 1.78. The van der Waals surface area contributed by atoms with Gasteiger partial charge < -0.3 is 10.1 Å². The zero-order chi connectivity index (χ0) is 21.3. The summed E-state index contributed by atoms with van der Waals surface area (Å²) in [5.74, 6) is -0.849. The zero-order valence-corrected chi connectivity index (χ0v) is 18.4. The predicted molar refractivity (Wildman–Crippen MR) is 112 cm³/mol. The number of rotatable bonds is 6. The maximum atomic E-state index is 12.7. The molecule has 29 heavy (non-hydrogen) atoms. The lowest BCUT2D eigenvalue weighted by atomic mass is 10.1. The highest BCUT2D eigenvalue weighted by Crippen LogP contribution is 2.33. The van der Waals surface area contributed by atoms with Crippen LogP contribution in [-0.4, -0.2) is 38.0 Å². The number of carbonyl (C=O) groups excluding carboxylic acids is 2. The van der Waals surface area contributed by atoms with Crippen LogP contribution in [0.1, 0.15) is 49.6 Å². The second kappa shape index (κ2) is 8.38. The molecule has 8 nitrogen and oxygen atoms in total. The third-order valence-corrected chi connectivity index (χ3v) is 6.21. The molecule has 3 rings (SSSR count). The lowest BCUT2D eigenvalue weighted by Crippen LogP contribution is -2.17. The lowest BCUT2D eigenvalue weighted by molar-refractivity contribution is 0.0527. The van der Waals surface area contributed by atoms with Crippen molar-refractivity contribution in [3.8, 4) is 0 Å². The van der Waals surface area contributed by atoms with Gasteiger partial charge in [-0.2, -0.15) is 10.2 Å². The third-order valence-electron chi connectivity index (χ3n) is 4.54. The van der Waals surface area contributed by atoms with Gasteiger partial charge in [-0.05, 0) is 46.2 Å². The van der Waals surface area contributed by atoms with Crippen molar-refractivity contribution >= 4 is 39.8 Å². The van der Waals surface area contributed by atoms with Crippen molar-refractivity contribution in [3.63, 3.8) is 0 Å².